The summed E-state index contributed by atoms with van der Waals surface area (Å²) in [7, 11) is 0. The smallest absolute Gasteiger partial charge is 0.230 e. The van der Waals surface area contributed by atoms with Crippen molar-refractivity contribution in [1.29, 1.82) is 0 Å². The zero-order chi connectivity index (χ0) is 18.6. The van der Waals surface area contributed by atoms with Gasteiger partial charge in [0, 0.05) is 17.3 Å². The minimum atomic E-state index is -0.221. The molecule has 2 aromatic carbocycles. The molecule has 0 bridgehead atoms. The van der Waals surface area contributed by atoms with Crippen molar-refractivity contribution >= 4 is 28.6 Å². The number of thioether (sulfide) groups is 1. The number of aromatic nitrogens is 1. The van der Waals surface area contributed by atoms with E-state index in [1.54, 1.807) is 0 Å². The molecule has 0 aliphatic carbocycles. The second-order valence-corrected chi connectivity index (χ2v) is 8.36. The molecule has 0 spiro atoms. The van der Waals surface area contributed by atoms with Gasteiger partial charge in [0.15, 0.2) is 0 Å². The van der Waals surface area contributed by atoms with Gasteiger partial charge in [0.2, 0.25) is 5.91 Å². The van der Waals surface area contributed by atoms with Crippen LogP contribution >= 0.6 is 11.8 Å². The standard InChI is InChI=1S/C22H24N2OS/c1-22(2,3)24-20(25)15-26-21-18(13-16-9-5-4-6-10-16)14-17-11-7-8-12-19(17)23-21/h4-12,14H,13,15H2,1-3H3,(H,24,25). The van der Waals surface area contributed by atoms with Gasteiger partial charge in [-0.15, -0.1) is 0 Å². The highest BCUT2D eigenvalue weighted by molar-refractivity contribution is 7.99. The average molecular weight is 365 g/mol. The molecule has 0 saturated carbocycles. The van der Waals surface area contributed by atoms with E-state index in [9.17, 15) is 4.79 Å². The van der Waals surface area contributed by atoms with Crippen LogP contribution in [0.2, 0.25) is 0 Å². The van der Waals surface area contributed by atoms with Crippen molar-refractivity contribution in [2.45, 2.75) is 37.8 Å². The molecule has 0 fully saturated rings. The summed E-state index contributed by atoms with van der Waals surface area (Å²) in [5.41, 5.74) is 3.14. The number of hydrogen-bond acceptors (Lipinski definition) is 3. The fourth-order valence-corrected chi connectivity index (χ4v) is 3.62. The highest BCUT2D eigenvalue weighted by Crippen LogP contribution is 2.27. The predicted octanol–water partition coefficient (Wildman–Crippen LogP) is 4.83. The average Bonchev–Trinajstić information content (AvgIpc) is 2.59. The first-order chi connectivity index (χ1) is 12.4. The Bertz CT molecular complexity index is 901. The zero-order valence-electron chi connectivity index (χ0n) is 15.5. The number of amides is 1. The third kappa shape index (κ3) is 5.09. The van der Waals surface area contributed by atoms with Crippen LogP contribution in [0.15, 0.2) is 65.7 Å². The van der Waals surface area contributed by atoms with Crippen LogP contribution in [0.25, 0.3) is 10.9 Å². The van der Waals surface area contributed by atoms with E-state index in [-0.39, 0.29) is 11.4 Å². The minimum Gasteiger partial charge on any atom is -0.351 e. The number of nitrogens with zero attached hydrogens (tertiary/aromatic N) is 1. The predicted molar refractivity (Wildman–Crippen MR) is 110 cm³/mol. The van der Waals surface area contributed by atoms with Crippen molar-refractivity contribution in [3.05, 3.63) is 71.8 Å². The molecule has 0 aliphatic rings. The summed E-state index contributed by atoms with van der Waals surface area (Å²) in [6.45, 7) is 5.97. The molecule has 134 valence electrons. The Kier molecular flexibility index (Phi) is 5.62. The highest BCUT2D eigenvalue weighted by Gasteiger charge is 2.15. The van der Waals surface area contributed by atoms with E-state index in [1.807, 2.05) is 57.2 Å². The Labute approximate surface area is 159 Å². The molecule has 0 aliphatic heterocycles. The summed E-state index contributed by atoms with van der Waals surface area (Å²) in [5.74, 6) is 0.396. The van der Waals surface area contributed by atoms with Gasteiger partial charge in [-0.25, -0.2) is 4.98 Å². The van der Waals surface area contributed by atoms with E-state index in [0.717, 1.165) is 27.9 Å². The Morgan fingerprint density at radius 1 is 1.04 bits per heavy atom. The largest absolute Gasteiger partial charge is 0.351 e. The summed E-state index contributed by atoms with van der Waals surface area (Å²) in [6.07, 6.45) is 0.807. The molecule has 26 heavy (non-hydrogen) atoms. The lowest BCUT2D eigenvalue weighted by atomic mass is 10.0. The Hall–Kier alpha value is -2.33. The monoisotopic (exact) mass is 364 g/mol. The number of fused-ring (bicyclic) bond motifs is 1. The van der Waals surface area contributed by atoms with Gasteiger partial charge in [-0.3, -0.25) is 4.79 Å². The maximum Gasteiger partial charge on any atom is 0.230 e. The SMILES string of the molecule is CC(C)(C)NC(=O)CSc1nc2ccccc2cc1Cc1ccccc1. The third-order valence-corrected chi connectivity index (χ3v) is 4.89. The van der Waals surface area contributed by atoms with Crippen LogP contribution in [-0.2, 0) is 11.2 Å². The molecule has 3 nitrogen and oxygen atoms in total. The number of hydrogen-bond donors (Lipinski definition) is 1. The number of para-hydroxylation sites is 1. The number of carbonyl (C=O) groups excluding carboxylic acids is 1. The molecule has 1 aromatic heterocycles. The molecule has 1 N–H and O–H groups in total. The lowest BCUT2D eigenvalue weighted by Crippen LogP contribution is -2.41. The molecule has 0 radical (unpaired) electrons. The fourth-order valence-electron chi connectivity index (χ4n) is 2.80. The van der Waals surface area contributed by atoms with Crippen LogP contribution in [0.5, 0.6) is 0 Å². The van der Waals surface area contributed by atoms with E-state index in [4.69, 9.17) is 4.98 Å². The molecule has 4 heteroatoms. The number of pyridine rings is 1. The second kappa shape index (κ2) is 7.92. The summed E-state index contributed by atoms with van der Waals surface area (Å²) < 4.78 is 0. The minimum absolute atomic E-state index is 0.0307. The fraction of sp³-hybridized carbons (Fsp3) is 0.273. The van der Waals surface area contributed by atoms with Crippen LogP contribution in [0.1, 0.15) is 31.9 Å². The van der Waals surface area contributed by atoms with Gasteiger partial charge < -0.3 is 5.32 Å². The number of rotatable bonds is 5. The van der Waals surface area contributed by atoms with E-state index < -0.39 is 0 Å². The first-order valence-electron chi connectivity index (χ1n) is 8.77. The van der Waals surface area contributed by atoms with E-state index in [2.05, 4.69) is 29.6 Å². The molecule has 1 heterocycles. The molecule has 0 saturated heterocycles. The molecule has 3 aromatic rings. The highest BCUT2D eigenvalue weighted by atomic mass is 32.2. The van der Waals surface area contributed by atoms with E-state index >= 15 is 0 Å². The first-order valence-corrected chi connectivity index (χ1v) is 9.76. The van der Waals surface area contributed by atoms with Gasteiger partial charge in [0.05, 0.1) is 11.3 Å². The molecule has 0 atom stereocenters. The van der Waals surface area contributed by atoms with Gasteiger partial charge in [-0.1, -0.05) is 60.3 Å². The quantitative estimate of drug-likeness (QED) is 0.659. The molecule has 1 amide bonds. The summed E-state index contributed by atoms with van der Waals surface area (Å²) in [5, 5.41) is 5.06. The topological polar surface area (TPSA) is 42.0 Å². The summed E-state index contributed by atoms with van der Waals surface area (Å²) >= 11 is 1.51. The zero-order valence-corrected chi connectivity index (χ0v) is 16.3. The third-order valence-electron chi connectivity index (χ3n) is 3.85. The Morgan fingerprint density at radius 2 is 1.73 bits per heavy atom. The van der Waals surface area contributed by atoms with Crippen molar-refractivity contribution in [2.75, 3.05) is 5.75 Å². The number of carbonyl (C=O) groups is 1. The summed E-state index contributed by atoms with van der Waals surface area (Å²) in [6, 6.07) is 20.7. The van der Waals surface area contributed by atoms with Crippen molar-refractivity contribution in [3.8, 4) is 0 Å². The van der Waals surface area contributed by atoms with Gasteiger partial charge in [-0.05, 0) is 44.0 Å². The van der Waals surface area contributed by atoms with Gasteiger partial charge in [0.1, 0.15) is 5.03 Å². The van der Waals surface area contributed by atoms with Crippen LogP contribution in [-0.4, -0.2) is 22.2 Å². The molecule has 3 rings (SSSR count). The maximum atomic E-state index is 12.2. The van der Waals surface area contributed by atoms with Gasteiger partial charge in [-0.2, -0.15) is 0 Å². The van der Waals surface area contributed by atoms with Gasteiger partial charge >= 0.3 is 0 Å². The molecule has 0 unspecified atom stereocenters. The Balaban J connectivity index is 1.86. The van der Waals surface area contributed by atoms with Crippen LogP contribution < -0.4 is 5.32 Å². The lowest BCUT2D eigenvalue weighted by molar-refractivity contribution is -0.119. The van der Waals surface area contributed by atoms with Crippen LogP contribution in [0, 0.1) is 0 Å². The van der Waals surface area contributed by atoms with Crippen molar-refractivity contribution in [3.63, 3.8) is 0 Å². The number of benzene rings is 2. The Morgan fingerprint density at radius 3 is 2.46 bits per heavy atom. The molecular weight excluding hydrogens is 340 g/mol. The van der Waals surface area contributed by atoms with Crippen LogP contribution in [0.4, 0.5) is 0 Å². The van der Waals surface area contributed by atoms with Gasteiger partial charge in [0.25, 0.3) is 0 Å². The molecular formula is C22H24N2OS. The normalized spacial score (nSPS) is 11.5. The maximum absolute atomic E-state index is 12.2. The van der Waals surface area contributed by atoms with Crippen molar-refractivity contribution in [2.24, 2.45) is 0 Å². The summed E-state index contributed by atoms with van der Waals surface area (Å²) in [4.78, 5) is 17.0. The van der Waals surface area contributed by atoms with Crippen LogP contribution in [0.3, 0.4) is 0 Å². The van der Waals surface area contributed by atoms with Crippen molar-refractivity contribution < 1.29 is 4.79 Å². The van der Waals surface area contributed by atoms with E-state index in [1.165, 1.54) is 17.3 Å². The first kappa shape index (κ1) is 18.5. The second-order valence-electron chi connectivity index (χ2n) is 7.39. The van der Waals surface area contributed by atoms with Crippen molar-refractivity contribution in [1.82, 2.24) is 10.3 Å². The number of nitrogens with one attached hydrogen (secondary N) is 1. The van der Waals surface area contributed by atoms with E-state index in [0.29, 0.717) is 5.75 Å². The lowest BCUT2D eigenvalue weighted by Gasteiger charge is -2.20.